The molecule has 1 saturated carbocycles. The summed E-state index contributed by atoms with van der Waals surface area (Å²) >= 11 is 1.20. The largest absolute Gasteiger partial charge is 0.477 e. The average Bonchev–Trinajstić information content (AvgIpc) is 3.45. The first kappa shape index (κ1) is 20.6. The number of amides is 1. The van der Waals surface area contributed by atoms with Gasteiger partial charge in [-0.2, -0.15) is 0 Å². The second-order valence-electron chi connectivity index (χ2n) is 8.87. The van der Waals surface area contributed by atoms with Crippen molar-refractivity contribution < 1.29 is 14.7 Å². The van der Waals surface area contributed by atoms with Gasteiger partial charge in [-0.15, -0.1) is 11.3 Å². The summed E-state index contributed by atoms with van der Waals surface area (Å²) in [6.45, 7) is 4.00. The second-order valence-corrected chi connectivity index (χ2v) is 9.92. The SMILES string of the molecule is Cc1cc2c(c(C3(C=N)CC3)c1)C(=O)N(c1cc(-c3ccccc3)sc1C(=O)O)C(C)C2. The number of aromatic carboxylic acids is 1. The summed E-state index contributed by atoms with van der Waals surface area (Å²) in [5.74, 6) is -1.19. The molecule has 5 nitrogen and oxygen atoms in total. The highest BCUT2D eigenvalue weighted by molar-refractivity contribution is 7.18. The van der Waals surface area contributed by atoms with E-state index in [-0.39, 0.29) is 22.2 Å². The Kier molecular flexibility index (Phi) is 4.78. The maximum absolute atomic E-state index is 13.9. The minimum atomic E-state index is -1.03. The van der Waals surface area contributed by atoms with E-state index in [0.717, 1.165) is 40.0 Å². The molecule has 1 amide bonds. The van der Waals surface area contributed by atoms with Crippen molar-refractivity contribution in [1.82, 2.24) is 0 Å². The lowest BCUT2D eigenvalue weighted by molar-refractivity contribution is 0.0703. The molecule has 162 valence electrons. The quantitative estimate of drug-likeness (QED) is 0.496. The summed E-state index contributed by atoms with van der Waals surface area (Å²) in [5.41, 5.74) is 4.68. The molecule has 0 spiro atoms. The average molecular weight is 445 g/mol. The lowest BCUT2D eigenvalue weighted by atomic mass is 9.82. The van der Waals surface area contributed by atoms with Crippen molar-refractivity contribution in [2.45, 2.75) is 44.6 Å². The number of hydrogen-bond donors (Lipinski definition) is 2. The fourth-order valence-electron chi connectivity index (χ4n) is 4.83. The third-order valence-electron chi connectivity index (χ3n) is 6.58. The molecule has 1 aromatic heterocycles. The number of nitrogens with zero attached hydrogens (tertiary/aromatic N) is 1. The highest BCUT2D eigenvalue weighted by Crippen LogP contribution is 2.50. The van der Waals surface area contributed by atoms with E-state index < -0.39 is 5.97 Å². The molecule has 0 saturated heterocycles. The van der Waals surface area contributed by atoms with Crippen molar-refractivity contribution >= 4 is 35.1 Å². The summed E-state index contributed by atoms with van der Waals surface area (Å²) in [6.07, 6.45) is 3.86. The van der Waals surface area contributed by atoms with Gasteiger partial charge in [0, 0.05) is 28.1 Å². The molecule has 2 heterocycles. The van der Waals surface area contributed by atoms with Crippen LogP contribution < -0.4 is 4.90 Å². The Morgan fingerprint density at radius 3 is 2.56 bits per heavy atom. The topological polar surface area (TPSA) is 81.5 Å². The van der Waals surface area contributed by atoms with E-state index in [4.69, 9.17) is 5.41 Å². The van der Waals surface area contributed by atoms with Crippen LogP contribution in [-0.2, 0) is 11.8 Å². The number of anilines is 1. The number of carboxylic acid groups (broad SMARTS) is 1. The van der Waals surface area contributed by atoms with E-state index >= 15 is 0 Å². The Morgan fingerprint density at radius 1 is 1.22 bits per heavy atom. The first-order chi connectivity index (χ1) is 15.3. The van der Waals surface area contributed by atoms with Crippen LogP contribution in [0.3, 0.4) is 0 Å². The molecule has 6 heteroatoms. The fourth-order valence-corrected chi connectivity index (χ4v) is 5.82. The Balaban J connectivity index is 1.66. The van der Waals surface area contributed by atoms with Gasteiger partial charge >= 0.3 is 5.97 Å². The number of hydrogen-bond acceptors (Lipinski definition) is 4. The first-order valence-electron chi connectivity index (χ1n) is 10.8. The van der Waals surface area contributed by atoms with Crippen LogP contribution in [0.15, 0.2) is 48.5 Å². The monoisotopic (exact) mass is 444 g/mol. The van der Waals surface area contributed by atoms with Crippen LogP contribution in [-0.4, -0.2) is 29.2 Å². The van der Waals surface area contributed by atoms with Gasteiger partial charge < -0.3 is 15.4 Å². The first-order valence-corrected chi connectivity index (χ1v) is 11.6. The minimum Gasteiger partial charge on any atom is -0.477 e. The van der Waals surface area contributed by atoms with Gasteiger partial charge in [-0.05, 0) is 55.9 Å². The number of carbonyl (C=O) groups is 2. The molecule has 2 aromatic carbocycles. The molecule has 32 heavy (non-hydrogen) atoms. The Bertz CT molecular complexity index is 1260. The predicted octanol–water partition coefficient (Wildman–Crippen LogP) is 5.69. The third kappa shape index (κ3) is 3.17. The predicted molar refractivity (Wildman–Crippen MR) is 128 cm³/mol. The molecule has 1 aliphatic carbocycles. The van der Waals surface area contributed by atoms with E-state index in [9.17, 15) is 14.7 Å². The molecule has 3 aromatic rings. The van der Waals surface area contributed by atoms with Crippen LogP contribution in [0.4, 0.5) is 5.69 Å². The van der Waals surface area contributed by atoms with E-state index in [1.54, 1.807) is 4.90 Å². The van der Waals surface area contributed by atoms with Gasteiger partial charge in [-0.1, -0.05) is 48.0 Å². The number of benzene rings is 2. The van der Waals surface area contributed by atoms with Gasteiger partial charge in [0.05, 0.1) is 5.69 Å². The maximum atomic E-state index is 13.9. The van der Waals surface area contributed by atoms with Gasteiger partial charge in [-0.3, -0.25) is 4.79 Å². The van der Waals surface area contributed by atoms with Crippen LogP contribution in [0.1, 0.15) is 56.5 Å². The summed E-state index contributed by atoms with van der Waals surface area (Å²) < 4.78 is 0. The lowest BCUT2D eigenvalue weighted by Gasteiger charge is -2.36. The van der Waals surface area contributed by atoms with E-state index in [0.29, 0.717) is 17.7 Å². The Morgan fingerprint density at radius 2 is 1.94 bits per heavy atom. The van der Waals surface area contributed by atoms with E-state index in [2.05, 4.69) is 6.07 Å². The number of rotatable bonds is 5. The molecule has 1 unspecified atom stereocenters. The number of nitrogens with one attached hydrogen (secondary N) is 1. The second kappa shape index (κ2) is 7.41. The molecule has 0 radical (unpaired) electrons. The van der Waals surface area contributed by atoms with Crippen LogP contribution in [0, 0.1) is 12.3 Å². The van der Waals surface area contributed by atoms with E-state index in [1.807, 2.05) is 56.3 Å². The molecular weight excluding hydrogens is 420 g/mol. The van der Waals surface area contributed by atoms with Crippen molar-refractivity contribution in [3.05, 3.63) is 75.7 Å². The van der Waals surface area contributed by atoms with Crippen molar-refractivity contribution in [2.75, 3.05) is 4.90 Å². The molecule has 0 bridgehead atoms. The molecule has 1 atom stereocenters. The van der Waals surface area contributed by atoms with Crippen LogP contribution in [0.5, 0.6) is 0 Å². The standard InChI is InChI=1S/C26H24N2O3S/c1-15-10-18-12-16(2)28(24(29)22(18)19(11-15)26(14-27)8-9-26)20-13-21(32-23(20)25(30)31)17-6-4-3-5-7-17/h3-7,10-11,13-14,16,27H,8-9,12H2,1-2H3,(H,30,31). The number of carbonyl (C=O) groups excluding carboxylic acids is 1. The van der Waals surface area contributed by atoms with Gasteiger partial charge in [0.2, 0.25) is 0 Å². The number of thiophene rings is 1. The normalized spacial score (nSPS) is 18.9. The van der Waals surface area contributed by atoms with Crippen molar-refractivity contribution in [3.8, 4) is 10.4 Å². The molecular formula is C26H24N2O3S. The van der Waals surface area contributed by atoms with E-state index in [1.165, 1.54) is 17.6 Å². The van der Waals surface area contributed by atoms with Crippen LogP contribution >= 0.6 is 11.3 Å². The van der Waals surface area contributed by atoms with Crippen molar-refractivity contribution in [1.29, 1.82) is 5.41 Å². The number of fused-ring (bicyclic) bond motifs is 1. The minimum absolute atomic E-state index is 0.165. The summed E-state index contributed by atoms with van der Waals surface area (Å²) in [5, 5.41) is 17.9. The number of carboxylic acids is 1. The van der Waals surface area contributed by atoms with Crippen LogP contribution in [0.25, 0.3) is 10.4 Å². The zero-order valence-corrected chi connectivity index (χ0v) is 18.8. The molecule has 1 aliphatic heterocycles. The zero-order valence-electron chi connectivity index (χ0n) is 18.0. The lowest BCUT2D eigenvalue weighted by Crippen LogP contribution is -2.45. The highest BCUT2D eigenvalue weighted by Gasteiger charge is 2.47. The van der Waals surface area contributed by atoms with Crippen molar-refractivity contribution in [2.24, 2.45) is 0 Å². The third-order valence-corrected chi connectivity index (χ3v) is 7.74. The van der Waals surface area contributed by atoms with Crippen LogP contribution in [0.2, 0.25) is 0 Å². The smallest absolute Gasteiger partial charge is 0.348 e. The molecule has 2 N–H and O–H groups in total. The fraction of sp³-hybridized carbons (Fsp3) is 0.269. The summed E-state index contributed by atoms with van der Waals surface area (Å²) in [7, 11) is 0. The summed E-state index contributed by atoms with van der Waals surface area (Å²) in [4.78, 5) is 28.7. The maximum Gasteiger partial charge on any atom is 0.348 e. The van der Waals surface area contributed by atoms with Gasteiger partial charge in [-0.25, -0.2) is 4.79 Å². The Labute approximate surface area is 190 Å². The zero-order chi connectivity index (χ0) is 22.6. The number of aryl methyl sites for hydroxylation is 1. The highest BCUT2D eigenvalue weighted by atomic mass is 32.1. The molecule has 2 aliphatic rings. The van der Waals surface area contributed by atoms with Gasteiger partial charge in [0.1, 0.15) is 4.88 Å². The van der Waals surface area contributed by atoms with Gasteiger partial charge in [0.25, 0.3) is 5.91 Å². The summed E-state index contributed by atoms with van der Waals surface area (Å²) in [6, 6.07) is 15.4. The molecule has 5 rings (SSSR count). The Hall–Kier alpha value is -3.25. The van der Waals surface area contributed by atoms with Gasteiger partial charge in [0.15, 0.2) is 0 Å². The molecule has 1 fully saturated rings. The van der Waals surface area contributed by atoms with Crippen molar-refractivity contribution in [3.63, 3.8) is 0 Å².